The summed E-state index contributed by atoms with van der Waals surface area (Å²) in [6.07, 6.45) is 3.53. The van der Waals surface area contributed by atoms with E-state index in [0.717, 1.165) is 11.1 Å². The maximum atomic E-state index is 9.52. The van der Waals surface area contributed by atoms with Gasteiger partial charge in [0.05, 0.1) is 14.2 Å². The molecule has 0 heterocycles. The Balaban J connectivity index is 2.24. The Bertz CT molecular complexity index is 640. The molecule has 0 saturated carbocycles. The van der Waals surface area contributed by atoms with Crippen molar-refractivity contribution in [2.24, 2.45) is 0 Å². The van der Waals surface area contributed by atoms with E-state index in [-0.39, 0.29) is 11.5 Å². The van der Waals surface area contributed by atoms with Gasteiger partial charge in [-0.2, -0.15) is 0 Å². The molecule has 2 aromatic rings. The summed E-state index contributed by atoms with van der Waals surface area (Å²) >= 11 is 0. The number of aromatic hydroxyl groups is 2. The standard InChI is InChI=1S/C17H16O4/c1-20-16-10-12(6-8-14(16)18)4-3-5-13-7-9-15(19)17(11-13)21-2/h4-11,18-19H,1-2H3. The number of ether oxygens (including phenoxy) is 2. The van der Waals surface area contributed by atoms with Crippen LogP contribution >= 0.6 is 0 Å². The van der Waals surface area contributed by atoms with Crippen LogP contribution in [0.4, 0.5) is 0 Å². The van der Waals surface area contributed by atoms with Gasteiger partial charge >= 0.3 is 0 Å². The van der Waals surface area contributed by atoms with Gasteiger partial charge in [0.2, 0.25) is 0 Å². The molecule has 21 heavy (non-hydrogen) atoms. The van der Waals surface area contributed by atoms with Gasteiger partial charge in [0.25, 0.3) is 0 Å². The predicted molar refractivity (Wildman–Crippen MR) is 81.8 cm³/mol. The first-order chi connectivity index (χ1) is 10.1. The van der Waals surface area contributed by atoms with Crippen molar-refractivity contribution < 1.29 is 19.7 Å². The van der Waals surface area contributed by atoms with E-state index < -0.39 is 0 Å². The van der Waals surface area contributed by atoms with Gasteiger partial charge in [0.15, 0.2) is 23.0 Å². The van der Waals surface area contributed by atoms with Gasteiger partial charge in [0, 0.05) is 0 Å². The molecule has 2 N–H and O–H groups in total. The van der Waals surface area contributed by atoms with Crippen LogP contribution in [0.5, 0.6) is 23.0 Å². The lowest BCUT2D eigenvalue weighted by Gasteiger charge is -2.03. The first-order valence-electron chi connectivity index (χ1n) is 6.30. The Morgan fingerprint density at radius 1 is 0.810 bits per heavy atom. The highest BCUT2D eigenvalue weighted by molar-refractivity contribution is 5.61. The molecule has 4 nitrogen and oxygen atoms in total. The number of phenols is 2. The molecule has 0 bridgehead atoms. The lowest BCUT2D eigenvalue weighted by atomic mass is 10.1. The van der Waals surface area contributed by atoms with Gasteiger partial charge in [-0.15, -0.1) is 5.73 Å². The van der Waals surface area contributed by atoms with Crippen LogP contribution in [-0.4, -0.2) is 24.4 Å². The van der Waals surface area contributed by atoms with Crippen LogP contribution in [0.1, 0.15) is 11.1 Å². The van der Waals surface area contributed by atoms with E-state index in [1.54, 1.807) is 48.6 Å². The Kier molecular flexibility index (Phi) is 4.54. The number of rotatable bonds is 4. The Morgan fingerprint density at radius 2 is 1.24 bits per heavy atom. The summed E-state index contributed by atoms with van der Waals surface area (Å²) in [6, 6.07) is 10.1. The third kappa shape index (κ3) is 3.59. The van der Waals surface area contributed by atoms with Gasteiger partial charge in [-0.05, 0) is 47.5 Å². The number of benzene rings is 2. The molecule has 0 aliphatic heterocycles. The van der Waals surface area contributed by atoms with Crippen LogP contribution in [0.3, 0.4) is 0 Å². The molecule has 0 saturated heterocycles. The summed E-state index contributed by atoms with van der Waals surface area (Å²) < 4.78 is 10.1. The van der Waals surface area contributed by atoms with E-state index >= 15 is 0 Å². The molecule has 0 fully saturated rings. The first kappa shape index (κ1) is 14.6. The molecule has 0 atom stereocenters. The minimum atomic E-state index is 0.0990. The van der Waals surface area contributed by atoms with Crippen molar-refractivity contribution in [3.05, 3.63) is 53.3 Å². The van der Waals surface area contributed by atoms with Gasteiger partial charge in [-0.1, -0.05) is 12.1 Å². The zero-order valence-electron chi connectivity index (χ0n) is 11.8. The second-order valence-electron chi connectivity index (χ2n) is 4.32. The van der Waals surface area contributed by atoms with Crippen molar-refractivity contribution >= 4 is 12.2 Å². The van der Waals surface area contributed by atoms with Crippen LogP contribution in [-0.2, 0) is 0 Å². The molecule has 108 valence electrons. The van der Waals surface area contributed by atoms with Gasteiger partial charge in [-0.3, -0.25) is 0 Å². The van der Waals surface area contributed by atoms with Crippen molar-refractivity contribution in [1.29, 1.82) is 0 Å². The normalized spacial score (nSPS) is 9.62. The topological polar surface area (TPSA) is 58.9 Å². The van der Waals surface area contributed by atoms with Crippen molar-refractivity contribution in [3.8, 4) is 23.0 Å². The fraction of sp³-hybridized carbons (Fsp3) is 0.118. The highest BCUT2D eigenvalue weighted by Crippen LogP contribution is 2.27. The minimum Gasteiger partial charge on any atom is -0.504 e. The van der Waals surface area contributed by atoms with Gasteiger partial charge in [-0.25, -0.2) is 0 Å². The molecular formula is C17H16O4. The summed E-state index contributed by atoms with van der Waals surface area (Å²) in [5.41, 5.74) is 4.74. The van der Waals surface area contributed by atoms with Crippen molar-refractivity contribution in [1.82, 2.24) is 0 Å². The molecule has 0 spiro atoms. The first-order valence-corrected chi connectivity index (χ1v) is 6.30. The van der Waals surface area contributed by atoms with Gasteiger partial charge in [0.1, 0.15) is 0 Å². The summed E-state index contributed by atoms with van der Waals surface area (Å²) in [7, 11) is 3.00. The lowest BCUT2D eigenvalue weighted by Crippen LogP contribution is -1.84. The third-order valence-corrected chi connectivity index (χ3v) is 2.91. The third-order valence-electron chi connectivity index (χ3n) is 2.91. The zero-order valence-corrected chi connectivity index (χ0v) is 11.8. The highest BCUT2D eigenvalue weighted by Gasteiger charge is 2.01. The Morgan fingerprint density at radius 3 is 1.62 bits per heavy atom. The number of hydrogen-bond donors (Lipinski definition) is 2. The predicted octanol–water partition coefficient (Wildman–Crippen LogP) is 3.44. The molecule has 4 heteroatoms. The molecule has 0 aromatic heterocycles. The molecule has 0 radical (unpaired) electrons. The fourth-order valence-corrected chi connectivity index (χ4v) is 1.80. The summed E-state index contributed by atoms with van der Waals surface area (Å²) in [5, 5.41) is 19.0. The van der Waals surface area contributed by atoms with E-state index in [1.165, 1.54) is 14.2 Å². The van der Waals surface area contributed by atoms with Crippen LogP contribution < -0.4 is 9.47 Å². The quantitative estimate of drug-likeness (QED) is 0.844. The molecular weight excluding hydrogens is 268 g/mol. The average molecular weight is 284 g/mol. The van der Waals surface area contributed by atoms with Crippen molar-refractivity contribution in [2.75, 3.05) is 14.2 Å². The molecule has 0 aliphatic rings. The second kappa shape index (κ2) is 6.55. The van der Waals surface area contributed by atoms with E-state index in [4.69, 9.17) is 9.47 Å². The average Bonchev–Trinajstić information content (AvgIpc) is 2.50. The molecule has 0 unspecified atom stereocenters. The largest absolute Gasteiger partial charge is 0.504 e. The maximum Gasteiger partial charge on any atom is 0.161 e. The number of methoxy groups -OCH3 is 2. The summed E-state index contributed by atoms with van der Waals surface area (Å²) in [5.74, 6) is 1.03. The summed E-state index contributed by atoms with van der Waals surface area (Å²) in [6.45, 7) is 0. The van der Waals surface area contributed by atoms with Crippen LogP contribution in [0, 0.1) is 0 Å². The van der Waals surface area contributed by atoms with Crippen molar-refractivity contribution in [2.45, 2.75) is 0 Å². The molecule has 2 aromatic carbocycles. The van der Waals surface area contributed by atoms with Crippen LogP contribution in [0.2, 0.25) is 0 Å². The van der Waals surface area contributed by atoms with Gasteiger partial charge < -0.3 is 19.7 Å². The molecule has 0 amide bonds. The zero-order chi connectivity index (χ0) is 15.2. The fourth-order valence-electron chi connectivity index (χ4n) is 1.80. The molecule has 2 rings (SSSR count). The Labute approximate surface area is 123 Å². The van der Waals surface area contributed by atoms with Crippen LogP contribution in [0.15, 0.2) is 42.1 Å². The lowest BCUT2D eigenvalue weighted by molar-refractivity contribution is 0.373. The smallest absolute Gasteiger partial charge is 0.161 e. The minimum absolute atomic E-state index is 0.0990. The molecule has 0 aliphatic carbocycles. The van der Waals surface area contributed by atoms with Crippen LogP contribution in [0.25, 0.3) is 12.2 Å². The SMILES string of the molecule is COc1cc(C=C=Cc2ccc(O)c(OC)c2)ccc1O. The van der Waals surface area contributed by atoms with Crippen molar-refractivity contribution in [3.63, 3.8) is 0 Å². The van der Waals surface area contributed by atoms with E-state index in [1.807, 2.05) is 0 Å². The second-order valence-corrected chi connectivity index (χ2v) is 4.32. The van der Waals surface area contributed by atoms with E-state index in [0.29, 0.717) is 11.5 Å². The number of hydrogen-bond acceptors (Lipinski definition) is 4. The number of phenolic OH excluding ortho intramolecular Hbond substituents is 2. The van der Waals surface area contributed by atoms with E-state index in [2.05, 4.69) is 5.73 Å². The maximum absolute atomic E-state index is 9.52. The highest BCUT2D eigenvalue weighted by atomic mass is 16.5. The van der Waals surface area contributed by atoms with E-state index in [9.17, 15) is 10.2 Å². The Hall–Kier alpha value is -2.84. The summed E-state index contributed by atoms with van der Waals surface area (Å²) in [4.78, 5) is 0. The monoisotopic (exact) mass is 284 g/mol.